The summed E-state index contributed by atoms with van der Waals surface area (Å²) < 4.78 is 5.64. The van der Waals surface area contributed by atoms with Crippen LogP contribution in [0.3, 0.4) is 0 Å². The molecule has 0 aromatic heterocycles. The number of piperazine rings is 1. The average molecular weight is 442 g/mol. The number of anilines is 1. The molecule has 0 bridgehead atoms. The third-order valence-corrected chi connectivity index (χ3v) is 8.51. The lowest BCUT2D eigenvalue weighted by molar-refractivity contribution is 0.0860. The van der Waals surface area contributed by atoms with Gasteiger partial charge in [-0.1, -0.05) is 39.2 Å². The normalized spacial score (nSPS) is 26.8. The number of fused-ring (bicyclic) bond motifs is 1. The van der Waals surface area contributed by atoms with E-state index in [4.69, 9.17) is 4.74 Å². The van der Waals surface area contributed by atoms with Crippen LogP contribution in [0, 0.1) is 11.8 Å². The predicted octanol–water partition coefficient (Wildman–Crippen LogP) is 5.31. The molecular weight excluding hydrogens is 398 g/mol. The Morgan fingerprint density at radius 1 is 1.06 bits per heavy atom. The first kappa shape index (κ1) is 23.4. The van der Waals surface area contributed by atoms with Crippen molar-refractivity contribution >= 4 is 11.8 Å². The summed E-state index contributed by atoms with van der Waals surface area (Å²) in [5.74, 6) is 2.23. The molecule has 4 rings (SSSR count). The van der Waals surface area contributed by atoms with Crippen molar-refractivity contribution < 1.29 is 9.53 Å². The first-order valence-corrected chi connectivity index (χ1v) is 12.9. The van der Waals surface area contributed by atoms with Crippen LogP contribution in [0.4, 0.5) is 10.5 Å². The van der Waals surface area contributed by atoms with Crippen molar-refractivity contribution in [2.75, 3.05) is 58.3 Å². The monoisotopic (exact) mass is 441 g/mol. The fourth-order valence-corrected chi connectivity index (χ4v) is 5.97. The lowest BCUT2D eigenvalue weighted by Crippen LogP contribution is -2.44. The largest absolute Gasteiger partial charge is 0.449 e. The molecule has 0 N–H and O–H groups in total. The van der Waals surface area contributed by atoms with Crippen molar-refractivity contribution in [1.82, 2.24) is 9.80 Å². The Morgan fingerprint density at radius 3 is 2.50 bits per heavy atom. The zero-order valence-electron chi connectivity index (χ0n) is 20.7. The van der Waals surface area contributed by atoms with Gasteiger partial charge in [0.1, 0.15) is 0 Å². The molecule has 1 saturated heterocycles. The number of nitrogens with zero attached hydrogens (tertiary/aromatic N) is 3. The predicted molar refractivity (Wildman–Crippen MR) is 132 cm³/mol. The lowest BCUT2D eigenvalue weighted by atomic mass is 9.87. The molecule has 2 unspecified atom stereocenters. The van der Waals surface area contributed by atoms with E-state index in [-0.39, 0.29) is 6.09 Å². The second kappa shape index (κ2) is 10.5. The topological polar surface area (TPSA) is 36.0 Å². The van der Waals surface area contributed by atoms with Crippen LogP contribution in [0.1, 0.15) is 75.3 Å². The van der Waals surface area contributed by atoms with Gasteiger partial charge in [0.05, 0.1) is 6.61 Å². The third-order valence-electron chi connectivity index (χ3n) is 8.51. The van der Waals surface area contributed by atoms with Gasteiger partial charge in [-0.2, -0.15) is 0 Å². The van der Waals surface area contributed by atoms with Crippen LogP contribution >= 0.6 is 0 Å². The molecule has 1 aromatic rings. The summed E-state index contributed by atoms with van der Waals surface area (Å²) in [5.41, 5.74) is 4.38. The number of hydrogen-bond acceptors (Lipinski definition) is 4. The van der Waals surface area contributed by atoms with Crippen LogP contribution in [-0.4, -0.2) is 69.3 Å². The number of carbonyl (C=O) groups is 1. The van der Waals surface area contributed by atoms with E-state index >= 15 is 0 Å². The quantitative estimate of drug-likeness (QED) is 0.599. The molecule has 0 spiro atoms. The Balaban J connectivity index is 1.33. The van der Waals surface area contributed by atoms with Gasteiger partial charge in [-0.3, -0.25) is 0 Å². The fourth-order valence-electron chi connectivity index (χ4n) is 5.97. The van der Waals surface area contributed by atoms with E-state index < -0.39 is 0 Å². The number of likely N-dealkylation sites (N-methyl/N-ethyl adjacent to an activating group) is 1. The first-order chi connectivity index (χ1) is 15.4. The minimum Gasteiger partial charge on any atom is -0.449 e. The Morgan fingerprint density at radius 2 is 1.78 bits per heavy atom. The molecule has 2 aliphatic carbocycles. The molecule has 3 aliphatic rings. The number of benzene rings is 1. The van der Waals surface area contributed by atoms with Gasteiger partial charge in [0.15, 0.2) is 0 Å². The molecule has 1 heterocycles. The van der Waals surface area contributed by atoms with E-state index in [0.717, 1.165) is 39.1 Å². The van der Waals surface area contributed by atoms with Gasteiger partial charge in [0, 0.05) is 45.5 Å². The molecule has 0 radical (unpaired) electrons. The number of hydrogen-bond donors (Lipinski definition) is 0. The van der Waals surface area contributed by atoms with Crippen molar-refractivity contribution in [2.45, 2.75) is 64.2 Å². The molecule has 1 saturated carbocycles. The van der Waals surface area contributed by atoms with Crippen LogP contribution in [0.25, 0.3) is 0 Å². The maximum atomic E-state index is 12.5. The van der Waals surface area contributed by atoms with Crippen molar-refractivity contribution in [3.8, 4) is 0 Å². The molecule has 1 aliphatic heterocycles. The Hall–Kier alpha value is -1.75. The number of amides is 1. The SMILES string of the molecule is CC1c2cc(N3CCN(C)CC3)ccc2C(CCN(C)C(=O)OCC2CCCCC2)[C@@H]1C. The van der Waals surface area contributed by atoms with Crippen LogP contribution in [0.15, 0.2) is 18.2 Å². The molecule has 2 fully saturated rings. The van der Waals surface area contributed by atoms with Gasteiger partial charge in [0.2, 0.25) is 0 Å². The summed E-state index contributed by atoms with van der Waals surface area (Å²) in [6, 6.07) is 7.14. The van der Waals surface area contributed by atoms with Crippen LogP contribution in [0.5, 0.6) is 0 Å². The molecule has 178 valence electrons. The van der Waals surface area contributed by atoms with Crippen molar-refractivity contribution in [2.24, 2.45) is 11.8 Å². The van der Waals surface area contributed by atoms with E-state index in [0.29, 0.717) is 30.3 Å². The average Bonchev–Trinajstić information content (AvgIpc) is 3.06. The second-order valence-electron chi connectivity index (χ2n) is 10.6. The van der Waals surface area contributed by atoms with Crippen molar-refractivity contribution in [3.05, 3.63) is 29.3 Å². The minimum atomic E-state index is -0.153. The Labute approximate surface area is 195 Å². The summed E-state index contributed by atoms with van der Waals surface area (Å²) >= 11 is 0. The van der Waals surface area contributed by atoms with Gasteiger partial charge >= 0.3 is 6.09 Å². The fraction of sp³-hybridized carbons (Fsp3) is 0.741. The summed E-state index contributed by atoms with van der Waals surface area (Å²) in [7, 11) is 4.10. The van der Waals surface area contributed by atoms with Crippen LogP contribution in [0.2, 0.25) is 0 Å². The van der Waals surface area contributed by atoms with E-state index in [9.17, 15) is 4.79 Å². The Kier molecular flexibility index (Phi) is 7.65. The molecule has 5 nitrogen and oxygen atoms in total. The highest BCUT2D eigenvalue weighted by Gasteiger charge is 2.36. The molecule has 1 amide bonds. The molecule has 3 atom stereocenters. The van der Waals surface area contributed by atoms with Gasteiger partial charge in [0.25, 0.3) is 0 Å². The van der Waals surface area contributed by atoms with E-state index in [1.54, 1.807) is 4.90 Å². The summed E-state index contributed by atoms with van der Waals surface area (Å²) in [6.45, 7) is 10.6. The van der Waals surface area contributed by atoms with Gasteiger partial charge in [-0.15, -0.1) is 0 Å². The second-order valence-corrected chi connectivity index (χ2v) is 10.6. The molecular formula is C27H43N3O2. The number of rotatable bonds is 6. The maximum Gasteiger partial charge on any atom is 0.409 e. The van der Waals surface area contributed by atoms with Crippen molar-refractivity contribution in [1.29, 1.82) is 0 Å². The maximum absolute atomic E-state index is 12.5. The number of ether oxygens (including phenoxy) is 1. The smallest absolute Gasteiger partial charge is 0.409 e. The zero-order valence-corrected chi connectivity index (χ0v) is 20.7. The Bertz CT molecular complexity index is 768. The molecule has 5 heteroatoms. The number of carbonyl (C=O) groups excluding carboxylic acids is 1. The summed E-state index contributed by atoms with van der Waals surface area (Å²) in [5, 5.41) is 0. The lowest BCUT2D eigenvalue weighted by Gasteiger charge is -2.34. The minimum absolute atomic E-state index is 0.153. The van der Waals surface area contributed by atoms with Crippen molar-refractivity contribution in [3.63, 3.8) is 0 Å². The molecule has 1 aromatic carbocycles. The third kappa shape index (κ3) is 5.24. The van der Waals surface area contributed by atoms with Gasteiger partial charge in [-0.25, -0.2) is 4.79 Å². The summed E-state index contributed by atoms with van der Waals surface area (Å²) in [6.07, 6.45) is 7.17. The van der Waals surface area contributed by atoms with Gasteiger partial charge < -0.3 is 19.4 Å². The van der Waals surface area contributed by atoms with E-state index in [1.807, 2.05) is 7.05 Å². The first-order valence-electron chi connectivity index (χ1n) is 12.9. The van der Waals surface area contributed by atoms with Crippen LogP contribution < -0.4 is 4.90 Å². The highest BCUT2D eigenvalue weighted by atomic mass is 16.6. The summed E-state index contributed by atoms with van der Waals surface area (Å²) in [4.78, 5) is 19.2. The van der Waals surface area contributed by atoms with Crippen LogP contribution in [-0.2, 0) is 4.74 Å². The highest BCUT2D eigenvalue weighted by molar-refractivity contribution is 5.67. The highest BCUT2D eigenvalue weighted by Crippen LogP contribution is 2.48. The van der Waals surface area contributed by atoms with E-state index in [1.165, 1.54) is 48.9 Å². The standard InChI is InChI=1S/C27H43N3O2/c1-20-21(2)26-18-23(30-16-14-28(3)15-17-30)10-11-25(26)24(20)12-13-29(4)27(31)32-19-22-8-6-5-7-9-22/h10-11,18,20-22,24H,5-9,12-17,19H2,1-4H3/t20-,21?,24?/m1/s1. The van der Waals surface area contributed by atoms with Gasteiger partial charge in [-0.05, 0) is 73.2 Å². The zero-order chi connectivity index (χ0) is 22.7. The molecule has 32 heavy (non-hydrogen) atoms. The van der Waals surface area contributed by atoms with E-state index in [2.05, 4.69) is 48.9 Å².